The largest absolute Gasteiger partial charge is 0.342 e. The summed E-state index contributed by atoms with van der Waals surface area (Å²) in [6.45, 7) is 3.54. The van der Waals surface area contributed by atoms with E-state index in [9.17, 15) is 9.59 Å². The van der Waals surface area contributed by atoms with Crippen molar-refractivity contribution in [1.29, 1.82) is 0 Å². The number of likely N-dealkylation sites (tertiary alicyclic amines) is 1. The number of amides is 2. The van der Waals surface area contributed by atoms with Crippen LogP contribution < -0.4 is 5.32 Å². The molecule has 2 unspecified atom stereocenters. The highest BCUT2D eigenvalue weighted by Crippen LogP contribution is 2.59. The topological polar surface area (TPSA) is 58.6 Å². The maximum atomic E-state index is 12.8. The third-order valence-corrected chi connectivity index (χ3v) is 6.89. The van der Waals surface area contributed by atoms with Crippen LogP contribution >= 0.6 is 11.6 Å². The van der Waals surface area contributed by atoms with Gasteiger partial charge in [-0.1, -0.05) is 23.7 Å². The molecule has 4 aliphatic rings. The highest BCUT2D eigenvalue weighted by molar-refractivity contribution is 6.31. The molecule has 0 bridgehead atoms. The van der Waals surface area contributed by atoms with Gasteiger partial charge in [0.2, 0.25) is 5.91 Å². The lowest BCUT2D eigenvalue weighted by Gasteiger charge is -2.45. The van der Waals surface area contributed by atoms with Crippen molar-refractivity contribution in [1.82, 2.24) is 10.2 Å². The van der Waals surface area contributed by atoms with Crippen molar-refractivity contribution in [3.8, 4) is 0 Å². The first-order chi connectivity index (χ1) is 11.9. The Morgan fingerprint density at radius 2 is 2.20 bits per heavy atom. The van der Waals surface area contributed by atoms with E-state index in [1.807, 2.05) is 11.8 Å². The second-order valence-corrected chi connectivity index (χ2v) is 8.50. The summed E-state index contributed by atoms with van der Waals surface area (Å²) in [7, 11) is 0. The average molecular weight is 361 g/mol. The van der Waals surface area contributed by atoms with Gasteiger partial charge in [-0.15, -0.1) is 0 Å². The van der Waals surface area contributed by atoms with Crippen LogP contribution in [0, 0.1) is 12.8 Å². The van der Waals surface area contributed by atoms with Crippen molar-refractivity contribution < 1.29 is 14.3 Å². The summed E-state index contributed by atoms with van der Waals surface area (Å²) >= 11 is 6.30. The summed E-state index contributed by atoms with van der Waals surface area (Å²) in [5.74, 6) is 0.607. The lowest BCUT2D eigenvalue weighted by Crippen LogP contribution is -2.62. The Hall–Kier alpha value is -1.59. The van der Waals surface area contributed by atoms with E-state index in [0.29, 0.717) is 25.2 Å². The summed E-state index contributed by atoms with van der Waals surface area (Å²) in [5, 5.41) is 3.65. The molecule has 1 aromatic rings. The first-order valence-electron chi connectivity index (χ1n) is 8.95. The van der Waals surface area contributed by atoms with Crippen LogP contribution in [0.3, 0.4) is 0 Å². The van der Waals surface area contributed by atoms with Crippen LogP contribution in [-0.2, 0) is 19.7 Å². The van der Waals surface area contributed by atoms with Gasteiger partial charge in [-0.3, -0.25) is 9.59 Å². The maximum Gasteiger partial charge on any atom is 0.252 e. The zero-order chi connectivity index (χ0) is 17.4. The Bertz CT molecular complexity index is 789. The molecular weight excluding hydrogens is 340 g/mol. The van der Waals surface area contributed by atoms with Crippen molar-refractivity contribution in [3.63, 3.8) is 0 Å². The fourth-order valence-corrected chi connectivity index (χ4v) is 5.02. The molecule has 3 heterocycles. The number of benzene rings is 1. The molecule has 1 aromatic carbocycles. The summed E-state index contributed by atoms with van der Waals surface area (Å²) in [5.41, 5.74) is 1.84. The number of halogens is 1. The summed E-state index contributed by atoms with van der Waals surface area (Å²) in [4.78, 5) is 26.1. The molecule has 1 spiro atoms. The molecule has 4 atom stereocenters. The van der Waals surface area contributed by atoms with E-state index in [1.165, 1.54) is 5.56 Å². The van der Waals surface area contributed by atoms with Crippen LogP contribution in [0.5, 0.6) is 0 Å². The number of nitrogens with zero attached hydrogens (tertiary/aromatic N) is 1. The number of nitrogens with one attached hydrogen (secondary N) is 1. The Labute approximate surface area is 151 Å². The van der Waals surface area contributed by atoms with E-state index in [1.54, 1.807) is 0 Å². The van der Waals surface area contributed by atoms with Gasteiger partial charge in [0.1, 0.15) is 11.8 Å². The Kier molecular flexibility index (Phi) is 3.12. The van der Waals surface area contributed by atoms with E-state index in [-0.39, 0.29) is 17.2 Å². The minimum absolute atomic E-state index is 0.0171. The monoisotopic (exact) mass is 360 g/mol. The number of ether oxygens (including phenoxy) is 1. The van der Waals surface area contributed by atoms with Crippen molar-refractivity contribution in [2.45, 2.75) is 49.9 Å². The van der Waals surface area contributed by atoms with Gasteiger partial charge in [0.05, 0.1) is 0 Å². The van der Waals surface area contributed by atoms with Gasteiger partial charge in [0, 0.05) is 42.8 Å². The SMILES string of the molecule is Cc1ccc(C23CC2CN(C(=O)[C@@H]2C[C@]4(CCC(=O)N4)O2)C3)cc1Cl. The molecule has 6 heteroatoms. The maximum absolute atomic E-state index is 12.8. The molecule has 0 radical (unpaired) electrons. The van der Waals surface area contributed by atoms with Crippen molar-refractivity contribution in [2.75, 3.05) is 13.1 Å². The molecule has 1 saturated carbocycles. The Morgan fingerprint density at radius 1 is 1.40 bits per heavy atom. The molecular formula is C19H21ClN2O3. The van der Waals surface area contributed by atoms with Gasteiger partial charge in [-0.2, -0.15) is 0 Å². The van der Waals surface area contributed by atoms with E-state index in [0.717, 1.165) is 30.1 Å². The van der Waals surface area contributed by atoms with Crippen LogP contribution in [0.4, 0.5) is 0 Å². The number of hydrogen-bond donors (Lipinski definition) is 1. The fraction of sp³-hybridized carbons (Fsp3) is 0.579. The van der Waals surface area contributed by atoms with Crippen LogP contribution in [0.2, 0.25) is 5.02 Å². The highest BCUT2D eigenvalue weighted by Gasteiger charge is 2.63. The third-order valence-electron chi connectivity index (χ3n) is 6.49. The van der Waals surface area contributed by atoms with Crippen molar-refractivity contribution in [2.24, 2.45) is 5.92 Å². The summed E-state index contributed by atoms with van der Waals surface area (Å²) in [6.07, 6.45) is 2.48. The zero-order valence-electron chi connectivity index (χ0n) is 14.2. The smallest absolute Gasteiger partial charge is 0.252 e. The number of carbonyl (C=O) groups excluding carboxylic acids is 2. The molecule has 4 fully saturated rings. The fourth-order valence-electron chi connectivity index (χ4n) is 4.84. The van der Waals surface area contributed by atoms with Crippen LogP contribution in [0.25, 0.3) is 0 Å². The molecule has 0 aromatic heterocycles. The van der Waals surface area contributed by atoms with Gasteiger partial charge in [0.25, 0.3) is 5.91 Å². The first kappa shape index (κ1) is 15.6. The van der Waals surface area contributed by atoms with Crippen LogP contribution in [0.1, 0.15) is 36.8 Å². The van der Waals surface area contributed by atoms with Gasteiger partial charge in [-0.25, -0.2) is 0 Å². The van der Waals surface area contributed by atoms with E-state index < -0.39 is 11.8 Å². The molecule has 2 amide bonds. The summed E-state index contributed by atoms with van der Waals surface area (Å²) < 4.78 is 5.81. The predicted octanol–water partition coefficient (Wildman–Crippen LogP) is 2.14. The lowest BCUT2D eigenvalue weighted by atomic mass is 9.93. The molecule has 3 aliphatic heterocycles. The molecule has 132 valence electrons. The van der Waals surface area contributed by atoms with Gasteiger partial charge in [0.15, 0.2) is 0 Å². The van der Waals surface area contributed by atoms with Gasteiger partial charge < -0.3 is 15.0 Å². The molecule has 25 heavy (non-hydrogen) atoms. The molecule has 3 saturated heterocycles. The number of piperidine rings is 1. The molecule has 5 nitrogen and oxygen atoms in total. The average Bonchev–Trinajstić information content (AvgIpc) is 2.91. The highest BCUT2D eigenvalue weighted by atomic mass is 35.5. The Balaban J connectivity index is 1.26. The third kappa shape index (κ3) is 2.25. The summed E-state index contributed by atoms with van der Waals surface area (Å²) in [6, 6.07) is 6.28. The van der Waals surface area contributed by atoms with Crippen LogP contribution in [-0.4, -0.2) is 41.6 Å². The van der Waals surface area contributed by atoms with E-state index >= 15 is 0 Å². The van der Waals surface area contributed by atoms with E-state index in [2.05, 4.69) is 23.5 Å². The quantitative estimate of drug-likeness (QED) is 0.879. The molecule has 5 rings (SSSR count). The van der Waals surface area contributed by atoms with E-state index in [4.69, 9.17) is 16.3 Å². The second kappa shape index (κ2) is 4.98. The van der Waals surface area contributed by atoms with Crippen molar-refractivity contribution in [3.05, 3.63) is 34.3 Å². The van der Waals surface area contributed by atoms with Crippen molar-refractivity contribution >= 4 is 23.4 Å². The number of rotatable bonds is 2. The number of fused-ring (bicyclic) bond motifs is 1. The number of carbonyl (C=O) groups is 2. The van der Waals surface area contributed by atoms with Crippen LogP contribution in [0.15, 0.2) is 18.2 Å². The molecule has 1 aliphatic carbocycles. The zero-order valence-corrected chi connectivity index (χ0v) is 14.9. The Morgan fingerprint density at radius 3 is 2.88 bits per heavy atom. The number of aryl methyl sites for hydroxylation is 1. The van der Waals surface area contributed by atoms with Gasteiger partial charge >= 0.3 is 0 Å². The minimum Gasteiger partial charge on any atom is -0.342 e. The second-order valence-electron chi connectivity index (χ2n) is 8.09. The molecule has 1 N–H and O–H groups in total. The lowest BCUT2D eigenvalue weighted by molar-refractivity contribution is -0.220. The van der Waals surface area contributed by atoms with Gasteiger partial charge in [-0.05, 0) is 36.5 Å². The normalized spacial score (nSPS) is 38.5. The minimum atomic E-state index is -0.567. The standard InChI is InChI=1S/C19H21ClN2O3/c1-11-2-3-12(6-14(11)20)18-7-13(18)9-22(10-18)17(24)15-8-19(25-15)5-4-16(23)21-19/h2-3,6,13,15H,4-5,7-10H2,1H3,(H,21,23)/t13?,15-,18?,19-/m0/s1. The number of hydrogen-bond acceptors (Lipinski definition) is 3. The predicted molar refractivity (Wildman–Crippen MR) is 92.2 cm³/mol. The first-order valence-corrected chi connectivity index (χ1v) is 9.33.